The van der Waals surface area contributed by atoms with E-state index in [0.29, 0.717) is 18.7 Å². The van der Waals surface area contributed by atoms with Crippen LogP contribution in [0.2, 0.25) is 0 Å². The molecule has 0 aromatic heterocycles. The van der Waals surface area contributed by atoms with Gasteiger partial charge in [-0.25, -0.2) is 4.99 Å². The molecule has 0 saturated carbocycles. The number of aliphatic hydroxyl groups is 1. The van der Waals surface area contributed by atoms with Gasteiger partial charge >= 0.3 is 0 Å². The number of ether oxygens (including phenoxy) is 1. The number of ketones is 1. The number of amidine groups is 1. The Balaban J connectivity index is 1.61. The molecule has 126 valence electrons. The lowest BCUT2D eigenvalue weighted by Crippen LogP contribution is -2.22. The number of aliphatic imine (C=N–C) groups is 2. The first kappa shape index (κ1) is 15.6. The van der Waals surface area contributed by atoms with Crippen molar-refractivity contribution in [2.75, 3.05) is 7.11 Å². The van der Waals surface area contributed by atoms with E-state index in [0.717, 1.165) is 17.0 Å². The molecule has 1 heterocycles. The van der Waals surface area contributed by atoms with Gasteiger partial charge in [-0.15, -0.1) is 0 Å². The van der Waals surface area contributed by atoms with Gasteiger partial charge in [-0.3, -0.25) is 9.79 Å². The van der Waals surface area contributed by atoms with E-state index in [1.165, 1.54) is 0 Å². The highest BCUT2D eigenvalue weighted by Crippen LogP contribution is 2.35. The predicted molar refractivity (Wildman–Crippen MR) is 96.6 cm³/mol. The quantitative estimate of drug-likeness (QED) is 0.922. The number of aliphatic hydroxyl groups excluding tert-OH is 1. The SMILES string of the molecule is COc1ccc(C2CC(=O)C(C3=NC4C=CC=CC4=N3)=C(O)C2)cc1. The summed E-state index contributed by atoms with van der Waals surface area (Å²) in [6.07, 6.45) is 8.36. The molecule has 1 aliphatic heterocycles. The van der Waals surface area contributed by atoms with Crippen molar-refractivity contribution < 1.29 is 14.6 Å². The number of carbonyl (C=O) groups is 1. The van der Waals surface area contributed by atoms with E-state index in [-0.39, 0.29) is 29.1 Å². The lowest BCUT2D eigenvalue weighted by molar-refractivity contribution is -0.116. The lowest BCUT2D eigenvalue weighted by Gasteiger charge is -2.23. The maximum Gasteiger partial charge on any atom is 0.170 e. The van der Waals surface area contributed by atoms with Crippen LogP contribution in [0.15, 0.2) is 69.9 Å². The van der Waals surface area contributed by atoms with Crippen molar-refractivity contribution in [2.24, 2.45) is 9.98 Å². The highest BCUT2D eigenvalue weighted by molar-refractivity contribution is 6.28. The summed E-state index contributed by atoms with van der Waals surface area (Å²) >= 11 is 0. The van der Waals surface area contributed by atoms with Gasteiger partial charge in [0.25, 0.3) is 0 Å². The molecule has 0 fully saturated rings. The zero-order valence-corrected chi connectivity index (χ0v) is 13.8. The predicted octanol–water partition coefficient (Wildman–Crippen LogP) is 3.30. The number of methoxy groups -OCH3 is 1. The molecule has 25 heavy (non-hydrogen) atoms. The minimum Gasteiger partial charge on any atom is -0.511 e. The van der Waals surface area contributed by atoms with Crippen LogP contribution in [-0.2, 0) is 4.79 Å². The van der Waals surface area contributed by atoms with Crippen LogP contribution in [-0.4, -0.2) is 35.6 Å². The Labute approximate surface area is 145 Å². The van der Waals surface area contributed by atoms with Crippen LogP contribution < -0.4 is 4.74 Å². The number of hydrogen-bond acceptors (Lipinski definition) is 5. The van der Waals surface area contributed by atoms with Crippen LogP contribution in [0.1, 0.15) is 24.3 Å². The summed E-state index contributed by atoms with van der Waals surface area (Å²) in [5.41, 5.74) is 2.09. The molecule has 2 atom stereocenters. The number of fused-ring (bicyclic) bond motifs is 1. The molecule has 5 nitrogen and oxygen atoms in total. The van der Waals surface area contributed by atoms with E-state index in [1.54, 1.807) is 7.11 Å². The van der Waals surface area contributed by atoms with Crippen molar-refractivity contribution in [3.8, 4) is 5.75 Å². The molecule has 1 aromatic carbocycles. The second-order valence-corrected chi connectivity index (χ2v) is 6.30. The summed E-state index contributed by atoms with van der Waals surface area (Å²) in [5.74, 6) is 1.04. The van der Waals surface area contributed by atoms with Crippen LogP contribution in [0.5, 0.6) is 5.75 Å². The maximum atomic E-state index is 12.7. The maximum absolute atomic E-state index is 12.7. The van der Waals surface area contributed by atoms with E-state index >= 15 is 0 Å². The zero-order chi connectivity index (χ0) is 17.4. The third-order valence-electron chi connectivity index (χ3n) is 4.72. The second kappa shape index (κ2) is 6.16. The summed E-state index contributed by atoms with van der Waals surface area (Å²) in [6.45, 7) is 0. The number of benzene rings is 1. The normalized spacial score (nSPS) is 24.9. The molecule has 1 aromatic rings. The first-order valence-electron chi connectivity index (χ1n) is 8.26. The summed E-state index contributed by atoms with van der Waals surface area (Å²) in [6, 6.07) is 7.46. The minimum absolute atomic E-state index is 0.0427. The van der Waals surface area contributed by atoms with Gasteiger partial charge < -0.3 is 9.84 Å². The van der Waals surface area contributed by atoms with E-state index in [2.05, 4.69) is 9.98 Å². The smallest absolute Gasteiger partial charge is 0.170 e. The van der Waals surface area contributed by atoms with Gasteiger partial charge in [-0.1, -0.05) is 30.4 Å². The van der Waals surface area contributed by atoms with Gasteiger partial charge in [0.05, 0.1) is 18.4 Å². The first-order valence-corrected chi connectivity index (χ1v) is 8.26. The third-order valence-corrected chi connectivity index (χ3v) is 4.72. The number of hydrogen-bond donors (Lipinski definition) is 1. The molecule has 5 heteroatoms. The van der Waals surface area contributed by atoms with E-state index in [4.69, 9.17) is 4.74 Å². The van der Waals surface area contributed by atoms with Crippen LogP contribution in [0.25, 0.3) is 0 Å². The van der Waals surface area contributed by atoms with Crippen molar-refractivity contribution in [3.05, 3.63) is 65.5 Å². The summed E-state index contributed by atoms with van der Waals surface area (Å²) in [4.78, 5) is 21.6. The zero-order valence-electron chi connectivity index (χ0n) is 13.8. The van der Waals surface area contributed by atoms with Crippen LogP contribution in [0, 0.1) is 0 Å². The van der Waals surface area contributed by atoms with Crippen molar-refractivity contribution in [1.29, 1.82) is 0 Å². The molecule has 4 rings (SSSR count). The molecular formula is C20H18N2O3. The van der Waals surface area contributed by atoms with Gasteiger partial charge in [-0.05, 0) is 29.7 Å². The topological polar surface area (TPSA) is 71.2 Å². The molecule has 0 amide bonds. The highest BCUT2D eigenvalue weighted by atomic mass is 16.5. The van der Waals surface area contributed by atoms with Crippen LogP contribution >= 0.6 is 0 Å². The van der Waals surface area contributed by atoms with Crippen molar-refractivity contribution >= 4 is 17.3 Å². The molecule has 2 unspecified atom stereocenters. The van der Waals surface area contributed by atoms with Crippen LogP contribution in [0.3, 0.4) is 0 Å². The van der Waals surface area contributed by atoms with E-state index in [1.807, 2.05) is 48.6 Å². The van der Waals surface area contributed by atoms with Gasteiger partial charge in [0.15, 0.2) is 11.6 Å². The monoisotopic (exact) mass is 334 g/mol. The number of rotatable bonds is 3. The fourth-order valence-corrected chi connectivity index (χ4v) is 3.40. The standard InChI is InChI=1S/C20H18N2O3/c1-25-14-8-6-12(7-9-14)13-10-17(23)19(18(24)11-13)20-21-15-4-2-3-5-16(15)22-20/h2-9,13,15,23H,10-11H2,1H3. The number of Topliss-reactive ketones (excluding diaryl/α,β-unsaturated/α-hetero) is 1. The van der Waals surface area contributed by atoms with E-state index in [9.17, 15) is 9.90 Å². The summed E-state index contributed by atoms with van der Waals surface area (Å²) in [5, 5.41) is 10.5. The van der Waals surface area contributed by atoms with Crippen molar-refractivity contribution in [1.82, 2.24) is 0 Å². The number of carbonyl (C=O) groups excluding carboxylic acids is 1. The van der Waals surface area contributed by atoms with Crippen LogP contribution in [0.4, 0.5) is 0 Å². The van der Waals surface area contributed by atoms with E-state index < -0.39 is 0 Å². The van der Waals surface area contributed by atoms with Gasteiger partial charge in [0.2, 0.25) is 0 Å². The Kier molecular flexibility index (Phi) is 3.84. The Morgan fingerprint density at radius 3 is 2.64 bits per heavy atom. The average molecular weight is 334 g/mol. The fourth-order valence-electron chi connectivity index (χ4n) is 3.40. The van der Waals surface area contributed by atoms with Gasteiger partial charge in [0, 0.05) is 12.8 Å². The summed E-state index contributed by atoms with van der Waals surface area (Å²) < 4.78 is 5.16. The Bertz CT molecular complexity index is 873. The number of allylic oxidation sites excluding steroid dienone is 3. The summed E-state index contributed by atoms with van der Waals surface area (Å²) in [7, 11) is 1.62. The average Bonchev–Trinajstić information content (AvgIpc) is 3.04. The third kappa shape index (κ3) is 2.82. The first-order chi connectivity index (χ1) is 12.2. The molecule has 0 radical (unpaired) electrons. The fraction of sp³-hybridized carbons (Fsp3) is 0.250. The minimum atomic E-state index is -0.146. The molecular weight excluding hydrogens is 316 g/mol. The molecule has 0 saturated heterocycles. The largest absolute Gasteiger partial charge is 0.511 e. The molecule has 2 aliphatic carbocycles. The Morgan fingerprint density at radius 1 is 1.16 bits per heavy atom. The Hall–Kier alpha value is -2.95. The van der Waals surface area contributed by atoms with Crippen molar-refractivity contribution in [3.63, 3.8) is 0 Å². The number of nitrogens with zero attached hydrogens (tertiary/aromatic N) is 2. The van der Waals surface area contributed by atoms with Gasteiger partial charge in [-0.2, -0.15) is 0 Å². The molecule has 0 bridgehead atoms. The highest BCUT2D eigenvalue weighted by Gasteiger charge is 2.34. The van der Waals surface area contributed by atoms with Crippen molar-refractivity contribution in [2.45, 2.75) is 24.8 Å². The van der Waals surface area contributed by atoms with Gasteiger partial charge in [0.1, 0.15) is 17.6 Å². The second-order valence-electron chi connectivity index (χ2n) is 6.30. The lowest BCUT2D eigenvalue weighted by atomic mass is 9.82. The molecule has 3 aliphatic rings. The Morgan fingerprint density at radius 2 is 1.96 bits per heavy atom. The molecule has 0 spiro atoms. The molecule has 1 N–H and O–H groups in total.